The second-order valence-electron chi connectivity index (χ2n) is 4.27. The zero-order valence-corrected chi connectivity index (χ0v) is 10.7. The standard InChI is InChI=1S/C13H18F2N2O2/c1-9(18)5-7-16-13(19)17-8-6-10-11(14)3-2-4-12(10)15/h2-4,9,18H,5-8H2,1H3,(H2,16,17,19). The molecule has 0 fully saturated rings. The van der Waals surface area contributed by atoms with Crippen molar-refractivity contribution < 1.29 is 18.7 Å². The van der Waals surface area contributed by atoms with Gasteiger partial charge in [0.1, 0.15) is 11.6 Å². The Hall–Kier alpha value is -1.69. The second kappa shape index (κ2) is 7.68. The minimum atomic E-state index is -0.615. The van der Waals surface area contributed by atoms with Crippen molar-refractivity contribution in [3.63, 3.8) is 0 Å². The van der Waals surface area contributed by atoms with Gasteiger partial charge in [-0.15, -0.1) is 0 Å². The number of rotatable bonds is 6. The number of halogens is 2. The summed E-state index contributed by atoms with van der Waals surface area (Å²) in [4.78, 5) is 11.3. The van der Waals surface area contributed by atoms with E-state index in [1.54, 1.807) is 6.92 Å². The fourth-order valence-electron chi connectivity index (χ4n) is 1.53. The van der Waals surface area contributed by atoms with E-state index in [9.17, 15) is 13.6 Å². The predicted octanol–water partition coefficient (Wildman–Crippen LogP) is 1.58. The van der Waals surface area contributed by atoms with E-state index in [-0.39, 0.29) is 18.5 Å². The summed E-state index contributed by atoms with van der Waals surface area (Å²) in [6.07, 6.45) is 0.0605. The van der Waals surface area contributed by atoms with Crippen molar-refractivity contribution in [1.82, 2.24) is 10.6 Å². The van der Waals surface area contributed by atoms with Crippen molar-refractivity contribution in [2.24, 2.45) is 0 Å². The van der Waals surface area contributed by atoms with Gasteiger partial charge in [0.2, 0.25) is 0 Å². The van der Waals surface area contributed by atoms with Crippen LogP contribution in [0.25, 0.3) is 0 Å². The maximum absolute atomic E-state index is 13.3. The molecule has 1 atom stereocenters. The Morgan fingerprint density at radius 3 is 2.42 bits per heavy atom. The zero-order valence-electron chi connectivity index (χ0n) is 10.7. The van der Waals surface area contributed by atoms with Crippen LogP contribution in [0.4, 0.5) is 13.6 Å². The van der Waals surface area contributed by atoms with E-state index in [0.717, 1.165) is 0 Å². The molecule has 0 aliphatic rings. The molecule has 0 aliphatic heterocycles. The molecule has 4 nitrogen and oxygen atoms in total. The predicted molar refractivity (Wildman–Crippen MR) is 67.8 cm³/mol. The highest BCUT2D eigenvalue weighted by Crippen LogP contribution is 2.11. The Labute approximate surface area is 110 Å². The number of carbonyl (C=O) groups excluding carboxylic acids is 1. The van der Waals surface area contributed by atoms with Crippen molar-refractivity contribution in [3.05, 3.63) is 35.4 Å². The summed E-state index contributed by atoms with van der Waals surface area (Å²) in [7, 11) is 0. The number of aliphatic hydroxyl groups excluding tert-OH is 1. The van der Waals surface area contributed by atoms with E-state index < -0.39 is 23.8 Å². The van der Waals surface area contributed by atoms with E-state index in [4.69, 9.17) is 5.11 Å². The molecule has 0 spiro atoms. The fraction of sp³-hybridized carbons (Fsp3) is 0.462. The summed E-state index contributed by atoms with van der Waals surface area (Å²) in [6, 6.07) is 3.24. The van der Waals surface area contributed by atoms with Crippen LogP contribution in [0.1, 0.15) is 18.9 Å². The molecular formula is C13H18F2N2O2. The van der Waals surface area contributed by atoms with Crippen molar-refractivity contribution in [2.45, 2.75) is 25.9 Å². The number of carbonyl (C=O) groups is 1. The smallest absolute Gasteiger partial charge is 0.314 e. The van der Waals surface area contributed by atoms with E-state index >= 15 is 0 Å². The van der Waals surface area contributed by atoms with Gasteiger partial charge in [-0.2, -0.15) is 0 Å². The Morgan fingerprint density at radius 1 is 1.26 bits per heavy atom. The van der Waals surface area contributed by atoms with Gasteiger partial charge in [-0.05, 0) is 31.9 Å². The first kappa shape index (κ1) is 15.4. The molecular weight excluding hydrogens is 254 g/mol. The summed E-state index contributed by atoms with van der Waals surface area (Å²) in [6.45, 7) is 2.11. The van der Waals surface area contributed by atoms with Crippen LogP contribution in [0.3, 0.4) is 0 Å². The van der Waals surface area contributed by atoms with Crippen LogP contribution < -0.4 is 10.6 Å². The molecule has 0 radical (unpaired) electrons. The molecule has 19 heavy (non-hydrogen) atoms. The topological polar surface area (TPSA) is 61.4 Å². The quantitative estimate of drug-likeness (QED) is 0.736. The number of amides is 2. The maximum atomic E-state index is 13.3. The van der Waals surface area contributed by atoms with Crippen molar-refractivity contribution >= 4 is 6.03 Å². The highest BCUT2D eigenvalue weighted by molar-refractivity contribution is 5.73. The molecule has 1 unspecified atom stereocenters. The number of nitrogens with one attached hydrogen (secondary N) is 2. The van der Waals surface area contributed by atoms with Crippen molar-refractivity contribution in [1.29, 1.82) is 0 Å². The number of hydrogen-bond acceptors (Lipinski definition) is 2. The summed E-state index contributed by atoms with van der Waals surface area (Å²) in [5, 5.41) is 14.0. The SMILES string of the molecule is CC(O)CCNC(=O)NCCc1c(F)cccc1F. The minimum Gasteiger partial charge on any atom is -0.393 e. The molecule has 0 heterocycles. The summed E-state index contributed by atoms with van der Waals surface area (Å²) in [5.74, 6) is -1.23. The van der Waals surface area contributed by atoms with Gasteiger partial charge in [0.05, 0.1) is 6.10 Å². The van der Waals surface area contributed by atoms with Crippen LogP contribution in [-0.4, -0.2) is 30.3 Å². The first-order chi connectivity index (χ1) is 9.00. The van der Waals surface area contributed by atoms with Crippen LogP contribution >= 0.6 is 0 Å². The Bertz CT molecular complexity index is 405. The first-order valence-electron chi connectivity index (χ1n) is 6.13. The third kappa shape index (κ3) is 5.65. The molecule has 0 bridgehead atoms. The van der Waals surface area contributed by atoms with Crippen LogP contribution in [0.5, 0.6) is 0 Å². The zero-order chi connectivity index (χ0) is 14.3. The Balaban J connectivity index is 2.28. The molecule has 6 heteroatoms. The number of hydrogen-bond donors (Lipinski definition) is 3. The average molecular weight is 272 g/mol. The summed E-state index contributed by atoms with van der Waals surface area (Å²) in [5.41, 5.74) is -0.0354. The largest absolute Gasteiger partial charge is 0.393 e. The molecule has 1 aromatic rings. The highest BCUT2D eigenvalue weighted by atomic mass is 19.1. The van der Waals surface area contributed by atoms with Gasteiger partial charge in [-0.3, -0.25) is 0 Å². The number of urea groups is 1. The number of aliphatic hydroxyl groups is 1. The van der Waals surface area contributed by atoms with Gasteiger partial charge in [0, 0.05) is 18.7 Å². The van der Waals surface area contributed by atoms with Gasteiger partial charge in [-0.25, -0.2) is 13.6 Å². The molecule has 3 N–H and O–H groups in total. The van der Waals surface area contributed by atoms with Crippen molar-refractivity contribution in [2.75, 3.05) is 13.1 Å². The van der Waals surface area contributed by atoms with Crippen LogP contribution in [-0.2, 0) is 6.42 Å². The van der Waals surface area contributed by atoms with Crippen LogP contribution in [0.2, 0.25) is 0 Å². The second-order valence-corrected chi connectivity index (χ2v) is 4.27. The maximum Gasteiger partial charge on any atom is 0.314 e. The lowest BCUT2D eigenvalue weighted by Gasteiger charge is -2.09. The molecule has 1 rings (SSSR count). The van der Waals surface area contributed by atoms with Crippen LogP contribution in [0.15, 0.2) is 18.2 Å². The lowest BCUT2D eigenvalue weighted by atomic mass is 10.1. The summed E-state index contributed by atoms with van der Waals surface area (Å²) >= 11 is 0. The van der Waals surface area contributed by atoms with Gasteiger partial charge in [-0.1, -0.05) is 6.07 Å². The van der Waals surface area contributed by atoms with Crippen molar-refractivity contribution in [3.8, 4) is 0 Å². The Kier molecular flexibility index (Phi) is 6.21. The first-order valence-corrected chi connectivity index (χ1v) is 6.13. The molecule has 1 aromatic carbocycles. The normalized spacial score (nSPS) is 12.0. The highest BCUT2D eigenvalue weighted by Gasteiger charge is 2.08. The molecule has 2 amide bonds. The molecule has 0 aromatic heterocycles. The molecule has 0 saturated heterocycles. The van der Waals surface area contributed by atoms with E-state index in [0.29, 0.717) is 13.0 Å². The monoisotopic (exact) mass is 272 g/mol. The fourth-order valence-corrected chi connectivity index (χ4v) is 1.53. The van der Waals surface area contributed by atoms with E-state index in [1.165, 1.54) is 18.2 Å². The third-order valence-electron chi connectivity index (χ3n) is 2.57. The molecule has 0 saturated carbocycles. The van der Waals surface area contributed by atoms with E-state index in [1.807, 2.05) is 0 Å². The van der Waals surface area contributed by atoms with E-state index in [2.05, 4.69) is 10.6 Å². The van der Waals surface area contributed by atoms with Crippen LogP contribution in [0, 0.1) is 11.6 Å². The van der Waals surface area contributed by atoms with Gasteiger partial charge in [0.15, 0.2) is 0 Å². The average Bonchev–Trinajstić information content (AvgIpc) is 2.32. The lowest BCUT2D eigenvalue weighted by molar-refractivity contribution is 0.183. The molecule has 0 aliphatic carbocycles. The number of benzene rings is 1. The summed E-state index contributed by atoms with van der Waals surface area (Å²) < 4.78 is 26.5. The Morgan fingerprint density at radius 2 is 1.84 bits per heavy atom. The van der Waals surface area contributed by atoms with Gasteiger partial charge < -0.3 is 15.7 Å². The third-order valence-corrected chi connectivity index (χ3v) is 2.57. The van der Waals surface area contributed by atoms with Gasteiger partial charge in [0.25, 0.3) is 0 Å². The lowest BCUT2D eigenvalue weighted by Crippen LogP contribution is -2.37. The minimum absolute atomic E-state index is 0.0354. The molecule has 106 valence electrons. The van der Waals surface area contributed by atoms with Gasteiger partial charge >= 0.3 is 6.03 Å².